The van der Waals surface area contributed by atoms with Gasteiger partial charge < -0.3 is 19.6 Å². The number of carbonyl (C=O) groups is 1. The molecular weight excluding hydrogens is 496 g/mol. The van der Waals surface area contributed by atoms with E-state index in [1.165, 1.54) is 0 Å². The molecule has 3 aliphatic heterocycles. The average molecular weight is 529 g/mol. The van der Waals surface area contributed by atoms with Gasteiger partial charge in [0.1, 0.15) is 6.23 Å². The topological polar surface area (TPSA) is 125 Å². The molecule has 0 aliphatic carbocycles. The van der Waals surface area contributed by atoms with E-state index < -0.39 is 6.09 Å². The molecule has 0 radical (unpaired) electrons. The Balaban J connectivity index is 1.12. The van der Waals surface area contributed by atoms with Crippen molar-refractivity contribution >= 4 is 22.8 Å². The number of anilines is 1. The van der Waals surface area contributed by atoms with Crippen molar-refractivity contribution in [1.29, 1.82) is 0 Å². The van der Waals surface area contributed by atoms with E-state index in [9.17, 15) is 9.90 Å². The highest BCUT2D eigenvalue weighted by atomic mass is 16.5. The second-order valence-corrected chi connectivity index (χ2v) is 10.9. The number of amides is 1. The molecule has 2 N–H and O–H groups in total. The molecule has 0 saturated carbocycles. The van der Waals surface area contributed by atoms with E-state index in [1.807, 2.05) is 36.3 Å². The molecule has 3 fully saturated rings. The Morgan fingerprint density at radius 3 is 2.59 bits per heavy atom. The fourth-order valence-electron chi connectivity index (χ4n) is 6.69. The number of hydrogen-bond donors (Lipinski definition) is 2. The van der Waals surface area contributed by atoms with E-state index >= 15 is 0 Å². The van der Waals surface area contributed by atoms with E-state index in [2.05, 4.69) is 48.7 Å². The predicted octanol–water partition coefficient (Wildman–Crippen LogP) is 4.69. The van der Waals surface area contributed by atoms with Crippen LogP contribution in [0.4, 0.5) is 10.6 Å². The minimum Gasteiger partial charge on any atom is -0.465 e. The van der Waals surface area contributed by atoms with Gasteiger partial charge in [0.05, 0.1) is 23.6 Å². The van der Waals surface area contributed by atoms with E-state index in [0.29, 0.717) is 0 Å². The molecule has 2 bridgehead atoms. The summed E-state index contributed by atoms with van der Waals surface area (Å²) < 4.78 is 7.82. The van der Waals surface area contributed by atoms with Gasteiger partial charge in [0.2, 0.25) is 0 Å². The summed E-state index contributed by atoms with van der Waals surface area (Å²) >= 11 is 0. The van der Waals surface area contributed by atoms with Gasteiger partial charge in [-0.2, -0.15) is 10.2 Å². The molecule has 0 spiro atoms. The van der Waals surface area contributed by atoms with E-state index in [1.54, 1.807) is 4.90 Å². The molecule has 11 nitrogen and oxygen atoms in total. The molecule has 4 aromatic rings. The first-order valence-electron chi connectivity index (χ1n) is 13.8. The third-order valence-electron chi connectivity index (χ3n) is 8.74. The molecule has 39 heavy (non-hydrogen) atoms. The van der Waals surface area contributed by atoms with Gasteiger partial charge in [0.15, 0.2) is 5.82 Å². The summed E-state index contributed by atoms with van der Waals surface area (Å²) in [6.07, 6.45) is 11.7. The monoisotopic (exact) mass is 528 g/mol. The number of nitrogens with zero attached hydrogens (tertiary/aromatic N) is 7. The van der Waals surface area contributed by atoms with Gasteiger partial charge in [-0.1, -0.05) is 6.07 Å². The Morgan fingerprint density at radius 2 is 1.87 bits per heavy atom. The molecule has 4 atom stereocenters. The fraction of sp³-hybridized carbons (Fsp3) is 0.464. The Morgan fingerprint density at radius 1 is 1.05 bits per heavy atom. The van der Waals surface area contributed by atoms with Crippen molar-refractivity contribution < 1.29 is 14.6 Å². The lowest BCUT2D eigenvalue weighted by Gasteiger charge is -2.41. The van der Waals surface area contributed by atoms with Crippen LogP contribution in [0.25, 0.3) is 33.3 Å². The standard InChI is InChI=1S/C28H32N8O3/c1-34(20-12-18-5-6-19(13-20)36(18)28(37)38)25-10-9-24(31-32-25)22-8-7-21(23-15-29-33-27(22)23)17-14-30-35(16-17)26-4-2-3-11-39-26/h7-10,14-16,18-20,26H,2-6,11-13H2,1H3,(H,29,33)(H,37,38)/t18-,19+,20?,26?. The number of fused-ring (bicyclic) bond motifs is 3. The van der Waals surface area contributed by atoms with Crippen molar-refractivity contribution in [1.82, 2.24) is 35.1 Å². The van der Waals surface area contributed by atoms with Gasteiger partial charge in [-0.25, -0.2) is 9.48 Å². The Bertz CT molecular complexity index is 1480. The number of aromatic amines is 1. The van der Waals surface area contributed by atoms with Crippen LogP contribution in [0.3, 0.4) is 0 Å². The van der Waals surface area contributed by atoms with E-state index in [4.69, 9.17) is 4.74 Å². The molecule has 1 aromatic carbocycles. The summed E-state index contributed by atoms with van der Waals surface area (Å²) in [4.78, 5) is 15.5. The molecule has 3 aliphatic rings. The first-order chi connectivity index (χ1) is 19.1. The van der Waals surface area contributed by atoms with Crippen LogP contribution in [0, 0.1) is 0 Å². The minimum absolute atomic E-state index is 0.00147. The maximum absolute atomic E-state index is 11.6. The number of ether oxygens (including phenoxy) is 1. The largest absolute Gasteiger partial charge is 0.465 e. The third-order valence-corrected chi connectivity index (χ3v) is 8.74. The summed E-state index contributed by atoms with van der Waals surface area (Å²) in [6.45, 7) is 0.779. The van der Waals surface area contributed by atoms with Gasteiger partial charge in [-0.05, 0) is 68.7 Å². The van der Waals surface area contributed by atoms with Crippen LogP contribution >= 0.6 is 0 Å². The predicted molar refractivity (Wildman–Crippen MR) is 145 cm³/mol. The van der Waals surface area contributed by atoms with Gasteiger partial charge in [-0.15, -0.1) is 10.2 Å². The van der Waals surface area contributed by atoms with Crippen LogP contribution < -0.4 is 4.90 Å². The van der Waals surface area contributed by atoms with E-state index in [0.717, 1.165) is 90.7 Å². The van der Waals surface area contributed by atoms with Crippen molar-refractivity contribution in [3.05, 3.63) is 42.9 Å². The van der Waals surface area contributed by atoms with Gasteiger partial charge in [0.25, 0.3) is 0 Å². The van der Waals surface area contributed by atoms with Crippen LogP contribution in [0.2, 0.25) is 0 Å². The van der Waals surface area contributed by atoms with Crippen LogP contribution in [0.15, 0.2) is 42.9 Å². The summed E-state index contributed by atoms with van der Waals surface area (Å²) in [6, 6.07) is 8.56. The number of H-pyrrole nitrogens is 1. The molecule has 6 heterocycles. The highest BCUT2D eigenvalue weighted by Gasteiger charge is 2.44. The zero-order chi connectivity index (χ0) is 26.5. The van der Waals surface area contributed by atoms with Crippen LogP contribution in [-0.2, 0) is 4.74 Å². The number of aromatic nitrogens is 6. The van der Waals surface area contributed by atoms with Crippen molar-refractivity contribution in [2.45, 2.75) is 69.3 Å². The smallest absolute Gasteiger partial charge is 0.407 e. The lowest BCUT2D eigenvalue weighted by Crippen LogP contribution is -2.51. The molecule has 1 amide bonds. The Kier molecular flexibility index (Phi) is 5.95. The first kappa shape index (κ1) is 24.1. The maximum atomic E-state index is 11.6. The van der Waals surface area contributed by atoms with Crippen LogP contribution in [0.1, 0.15) is 51.2 Å². The lowest BCUT2D eigenvalue weighted by molar-refractivity contribution is -0.0394. The highest BCUT2D eigenvalue weighted by molar-refractivity contribution is 6.01. The molecule has 7 rings (SSSR count). The van der Waals surface area contributed by atoms with E-state index in [-0.39, 0.29) is 24.4 Å². The van der Waals surface area contributed by atoms with Crippen LogP contribution in [-0.4, -0.2) is 78.1 Å². The first-order valence-corrected chi connectivity index (χ1v) is 13.8. The number of piperidine rings is 1. The average Bonchev–Trinajstić information content (AvgIpc) is 3.71. The summed E-state index contributed by atoms with van der Waals surface area (Å²) in [7, 11) is 2.03. The Labute approximate surface area is 225 Å². The molecule has 202 valence electrons. The molecule has 11 heteroatoms. The molecular formula is C28H32N8O3. The summed E-state index contributed by atoms with van der Waals surface area (Å²) in [5.41, 5.74) is 4.68. The van der Waals surface area contributed by atoms with Crippen molar-refractivity contribution in [2.24, 2.45) is 0 Å². The lowest BCUT2D eigenvalue weighted by atomic mass is 9.96. The molecule has 2 unspecified atom stereocenters. The van der Waals surface area contributed by atoms with Gasteiger partial charge >= 0.3 is 6.09 Å². The number of nitrogens with one attached hydrogen (secondary N) is 1. The Hall–Kier alpha value is -3.99. The zero-order valence-electron chi connectivity index (χ0n) is 21.9. The van der Waals surface area contributed by atoms with Crippen LogP contribution in [0.5, 0.6) is 0 Å². The second kappa shape index (κ2) is 9.64. The van der Waals surface area contributed by atoms with Gasteiger partial charge in [0, 0.05) is 54.5 Å². The molecule has 3 aromatic heterocycles. The maximum Gasteiger partial charge on any atom is 0.407 e. The summed E-state index contributed by atoms with van der Waals surface area (Å²) in [5, 5.41) is 31.8. The van der Waals surface area contributed by atoms with Crippen molar-refractivity contribution in [3.8, 4) is 22.4 Å². The number of rotatable bonds is 5. The quantitative estimate of drug-likeness (QED) is 0.382. The van der Waals surface area contributed by atoms with Crippen molar-refractivity contribution in [2.75, 3.05) is 18.6 Å². The number of hydrogen-bond acceptors (Lipinski definition) is 7. The highest BCUT2D eigenvalue weighted by Crippen LogP contribution is 2.39. The van der Waals surface area contributed by atoms with Gasteiger partial charge in [-0.3, -0.25) is 5.10 Å². The van der Waals surface area contributed by atoms with Crippen molar-refractivity contribution in [3.63, 3.8) is 0 Å². The SMILES string of the molecule is CN(c1ccc(-c2ccc(-c3cnn(C4CCCCO4)c3)c3cn[nH]c23)nn1)C1C[C@H]2CC[C@@H](C1)N2C(=O)O. The fourth-order valence-corrected chi connectivity index (χ4v) is 6.69. The number of carboxylic acid groups (broad SMARTS) is 1. The summed E-state index contributed by atoms with van der Waals surface area (Å²) in [5.74, 6) is 0.793. The second-order valence-electron chi connectivity index (χ2n) is 10.9. The minimum atomic E-state index is -0.795. The zero-order valence-corrected chi connectivity index (χ0v) is 21.9. The third kappa shape index (κ3) is 4.21. The normalized spacial score (nSPS) is 24.8. The molecule has 3 saturated heterocycles. The number of benzene rings is 1.